The van der Waals surface area contributed by atoms with Gasteiger partial charge in [0.05, 0.1) is 33.5 Å². The van der Waals surface area contributed by atoms with Crippen molar-refractivity contribution < 1.29 is 13.6 Å². The zero-order valence-electron chi connectivity index (χ0n) is 24.3. The van der Waals surface area contributed by atoms with E-state index < -0.39 is 17.3 Å². The molecule has 1 amide bonds. The van der Waals surface area contributed by atoms with Crippen molar-refractivity contribution in [3.63, 3.8) is 0 Å². The summed E-state index contributed by atoms with van der Waals surface area (Å²) in [4.78, 5) is 39.5. The van der Waals surface area contributed by atoms with Crippen LogP contribution in [-0.4, -0.2) is 57.1 Å². The van der Waals surface area contributed by atoms with Gasteiger partial charge in [-0.2, -0.15) is 4.98 Å². The second kappa shape index (κ2) is 10.8. The van der Waals surface area contributed by atoms with E-state index in [1.165, 1.54) is 28.8 Å². The van der Waals surface area contributed by atoms with Crippen molar-refractivity contribution in [3.05, 3.63) is 87.6 Å². The number of piperazine rings is 1. The molecule has 222 valence electrons. The lowest BCUT2D eigenvalue weighted by atomic mass is 9.99. The minimum Gasteiger partial charge on any atom is -0.381 e. The van der Waals surface area contributed by atoms with Crippen LogP contribution in [0.1, 0.15) is 37.9 Å². The van der Waals surface area contributed by atoms with Crippen molar-refractivity contribution in [3.8, 4) is 16.8 Å². The monoisotopic (exact) mass is 604 g/mol. The van der Waals surface area contributed by atoms with E-state index in [1.54, 1.807) is 23.2 Å². The normalized spacial score (nSPS) is 18.0. The SMILES string of the molecule is C=CC(=O)N1CC2CNc3c(Cl)c(-c4ccccc4F)c(F)c4c3c(nc(=O)n4-c3c(C)ccnc3C(C)C)N2CC1C. The molecule has 43 heavy (non-hydrogen) atoms. The highest BCUT2D eigenvalue weighted by molar-refractivity contribution is 6.38. The maximum absolute atomic E-state index is 17.2. The molecular weight excluding hydrogens is 574 g/mol. The highest BCUT2D eigenvalue weighted by Gasteiger charge is 2.39. The summed E-state index contributed by atoms with van der Waals surface area (Å²) in [5.74, 6) is -1.56. The fourth-order valence-electron chi connectivity index (χ4n) is 6.28. The van der Waals surface area contributed by atoms with E-state index >= 15 is 8.78 Å². The number of nitrogens with one attached hydrogen (secondary N) is 1. The molecule has 0 saturated carbocycles. The summed E-state index contributed by atoms with van der Waals surface area (Å²) in [6.07, 6.45) is 2.93. The molecule has 2 aromatic heterocycles. The van der Waals surface area contributed by atoms with Crippen LogP contribution in [0.15, 0.2) is 54.0 Å². The zero-order valence-corrected chi connectivity index (χ0v) is 25.0. The number of anilines is 2. The summed E-state index contributed by atoms with van der Waals surface area (Å²) in [6.45, 7) is 12.2. The Labute approximate surface area is 252 Å². The second-order valence-electron chi connectivity index (χ2n) is 11.4. The molecule has 0 bridgehead atoms. The third-order valence-corrected chi connectivity index (χ3v) is 8.72. The molecule has 1 N–H and O–H groups in total. The Morgan fingerprint density at radius 1 is 1.21 bits per heavy atom. The van der Waals surface area contributed by atoms with Gasteiger partial charge in [-0.1, -0.05) is 50.2 Å². The number of hydrogen-bond acceptors (Lipinski definition) is 6. The van der Waals surface area contributed by atoms with Crippen molar-refractivity contribution in [1.82, 2.24) is 19.4 Å². The fourth-order valence-corrected chi connectivity index (χ4v) is 6.63. The number of amides is 1. The summed E-state index contributed by atoms with van der Waals surface area (Å²) in [7, 11) is 0. The van der Waals surface area contributed by atoms with Gasteiger partial charge >= 0.3 is 5.69 Å². The van der Waals surface area contributed by atoms with E-state index in [0.717, 1.165) is 0 Å². The van der Waals surface area contributed by atoms with Crippen molar-refractivity contribution in [2.45, 2.75) is 45.7 Å². The van der Waals surface area contributed by atoms with Crippen LogP contribution in [0.4, 0.5) is 20.3 Å². The number of aryl methyl sites for hydroxylation is 1. The van der Waals surface area contributed by atoms with Crippen molar-refractivity contribution in [2.24, 2.45) is 0 Å². The number of hydrogen-bond donors (Lipinski definition) is 1. The zero-order chi connectivity index (χ0) is 30.7. The fraction of sp³-hybridized carbons (Fsp3) is 0.312. The predicted octanol–water partition coefficient (Wildman–Crippen LogP) is 5.83. The number of nitrogens with zero attached hydrogens (tertiary/aromatic N) is 5. The number of rotatable bonds is 4. The summed E-state index contributed by atoms with van der Waals surface area (Å²) < 4.78 is 33.7. The predicted molar refractivity (Wildman–Crippen MR) is 165 cm³/mol. The van der Waals surface area contributed by atoms with Crippen LogP contribution >= 0.6 is 11.6 Å². The third-order valence-electron chi connectivity index (χ3n) is 8.35. The average Bonchev–Trinajstić information content (AvgIpc) is 3.12. The quantitative estimate of drug-likeness (QED) is 0.295. The molecule has 2 aliphatic rings. The third kappa shape index (κ3) is 4.47. The minimum absolute atomic E-state index is 0.0257. The van der Waals surface area contributed by atoms with Gasteiger partial charge in [0.15, 0.2) is 5.82 Å². The van der Waals surface area contributed by atoms with Gasteiger partial charge in [0.2, 0.25) is 5.91 Å². The molecule has 1 saturated heterocycles. The first kappa shape index (κ1) is 28.8. The number of carbonyl (C=O) groups is 1. The molecule has 2 aromatic carbocycles. The first-order valence-corrected chi connectivity index (χ1v) is 14.5. The Bertz CT molecular complexity index is 1870. The molecule has 8 nitrogen and oxygen atoms in total. The van der Waals surface area contributed by atoms with Crippen LogP contribution in [0.25, 0.3) is 27.7 Å². The minimum atomic E-state index is -0.846. The van der Waals surface area contributed by atoms with Gasteiger partial charge in [-0.05, 0) is 43.5 Å². The van der Waals surface area contributed by atoms with Gasteiger partial charge in [-0.3, -0.25) is 14.3 Å². The van der Waals surface area contributed by atoms with Gasteiger partial charge in [0.1, 0.15) is 17.2 Å². The highest BCUT2D eigenvalue weighted by atomic mass is 35.5. The maximum atomic E-state index is 17.2. The van der Waals surface area contributed by atoms with Crippen LogP contribution in [0, 0.1) is 18.6 Å². The number of halogens is 3. The summed E-state index contributed by atoms with van der Waals surface area (Å²) in [6, 6.07) is 7.00. The van der Waals surface area contributed by atoms with Gasteiger partial charge in [0.25, 0.3) is 0 Å². The van der Waals surface area contributed by atoms with Crippen LogP contribution in [0.3, 0.4) is 0 Å². The van der Waals surface area contributed by atoms with Crippen LogP contribution in [0.5, 0.6) is 0 Å². The van der Waals surface area contributed by atoms with Gasteiger partial charge in [0, 0.05) is 43.0 Å². The Kier molecular flexibility index (Phi) is 7.20. The van der Waals surface area contributed by atoms with Gasteiger partial charge in [-0.25, -0.2) is 13.6 Å². The first-order valence-electron chi connectivity index (χ1n) is 14.2. The standard InChI is InChI=1S/C32H31ClF2N6O2/c1-6-22(42)39-15-19-13-37-28-24-30(26(35)23(25(28)33)20-9-7-8-10-21(20)34)41(29-17(4)11-12-36-27(29)16(2)3)32(43)38-31(24)40(19)14-18(39)5/h6-12,16,18-19,37H,1,13-15H2,2-5H3. The second-order valence-corrected chi connectivity index (χ2v) is 11.8. The summed E-state index contributed by atoms with van der Waals surface area (Å²) in [5, 5.41) is 3.64. The highest BCUT2D eigenvalue weighted by Crippen LogP contribution is 2.47. The van der Waals surface area contributed by atoms with Gasteiger partial charge in [-0.15, -0.1) is 0 Å². The molecule has 2 atom stereocenters. The van der Waals surface area contributed by atoms with Crippen molar-refractivity contribution in [2.75, 3.05) is 29.9 Å². The van der Waals surface area contributed by atoms with E-state index in [4.69, 9.17) is 11.6 Å². The molecule has 4 heterocycles. The summed E-state index contributed by atoms with van der Waals surface area (Å²) in [5.41, 5.74) is 1.07. The van der Waals surface area contributed by atoms with Crippen molar-refractivity contribution >= 4 is 39.9 Å². The van der Waals surface area contributed by atoms with Crippen LogP contribution < -0.4 is 15.9 Å². The number of carbonyl (C=O) groups excluding carboxylic acids is 1. The molecule has 0 spiro atoms. The maximum Gasteiger partial charge on any atom is 0.354 e. The van der Waals surface area contributed by atoms with E-state index in [-0.39, 0.29) is 51.4 Å². The molecule has 4 aromatic rings. The van der Waals surface area contributed by atoms with Crippen molar-refractivity contribution in [1.29, 1.82) is 0 Å². The van der Waals surface area contributed by atoms with E-state index in [9.17, 15) is 9.59 Å². The topological polar surface area (TPSA) is 83.4 Å². The van der Waals surface area contributed by atoms with Crippen LogP contribution in [0.2, 0.25) is 5.02 Å². The molecular formula is C32H31ClF2N6O2. The lowest BCUT2D eigenvalue weighted by Gasteiger charge is -2.45. The Balaban J connectivity index is 1.75. The molecule has 6 rings (SSSR count). The molecule has 1 fully saturated rings. The number of fused-ring (bicyclic) bond motifs is 2. The lowest BCUT2D eigenvalue weighted by Crippen LogP contribution is -2.60. The Morgan fingerprint density at radius 3 is 2.65 bits per heavy atom. The van der Waals surface area contributed by atoms with Crippen LogP contribution in [-0.2, 0) is 4.79 Å². The number of aromatic nitrogens is 3. The molecule has 11 heteroatoms. The summed E-state index contributed by atoms with van der Waals surface area (Å²) >= 11 is 6.96. The van der Waals surface area contributed by atoms with E-state index in [1.807, 2.05) is 32.6 Å². The van der Waals surface area contributed by atoms with E-state index in [2.05, 4.69) is 21.9 Å². The molecule has 2 aliphatic heterocycles. The molecule has 0 aliphatic carbocycles. The lowest BCUT2D eigenvalue weighted by molar-refractivity contribution is -0.128. The Morgan fingerprint density at radius 2 is 1.95 bits per heavy atom. The number of pyridine rings is 1. The molecule has 0 radical (unpaired) electrons. The van der Waals surface area contributed by atoms with E-state index in [0.29, 0.717) is 47.7 Å². The largest absolute Gasteiger partial charge is 0.381 e. The Hall–Kier alpha value is -4.31. The van der Waals surface area contributed by atoms with Gasteiger partial charge < -0.3 is 15.1 Å². The number of benzene rings is 2. The first-order chi connectivity index (χ1) is 20.5. The average molecular weight is 605 g/mol. The smallest absolute Gasteiger partial charge is 0.354 e. The molecule has 2 unspecified atom stereocenters.